The Morgan fingerprint density at radius 2 is 1.94 bits per heavy atom. The molecule has 6 heteroatoms. The summed E-state index contributed by atoms with van der Waals surface area (Å²) in [5.41, 5.74) is 18.6. The summed E-state index contributed by atoms with van der Waals surface area (Å²) in [6, 6.07) is 5.69. The van der Waals surface area contributed by atoms with Gasteiger partial charge in [0.15, 0.2) is 5.96 Å². The highest BCUT2D eigenvalue weighted by Gasteiger charge is 2.02. The first-order chi connectivity index (χ1) is 7.54. The van der Waals surface area contributed by atoms with Gasteiger partial charge in [-0.25, -0.2) is 4.99 Å². The smallest absolute Gasteiger partial charge is 0.223 e. The van der Waals surface area contributed by atoms with E-state index in [1.165, 1.54) is 0 Å². The van der Waals surface area contributed by atoms with Crippen LogP contribution in [0.1, 0.15) is 5.56 Å². The highest BCUT2D eigenvalue weighted by Crippen LogP contribution is 2.27. The van der Waals surface area contributed by atoms with Gasteiger partial charge in [0.25, 0.3) is 0 Å². The molecule has 0 aromatic heterocycles. The van der Waals surface area contributed by atoms with E-state index in [1.807, 2.05) is 32.2 Å². The van der Waals surface area contributed by atoms with Crippen LogP contribution in [-0.2, 0) is 0 Å². The third-order valence-electron chi connectivity index (χ3n) is 1.98. The van der Waals surface area contributed by atoms with Gasteiger partial charge in [-0.3, -0.25) is 0 Å². The minimum atomic E-state index is -0.111. The minimum Gasteiger partial charge on any atom is -0.386 e. The summed E-state index contributed by atoms with van der Waals surface area (Å²) < 4.78 is 0. The van der Waals surface area contributed by atoms with Crippen LogP contribution in [-0.4, -0.2) is 19.0 Å². The normalized spacial score (nSPS) is 11.0. The number of benzene rings is 1. The van der Waals surface area contributed by atoms with Crippen LogP contribution in [0.25, 0.3) is 0 Å². The van der Waals surface area contributed by atoms with E-state index in [0.717, 1.165) is 11.3 Å². The number of rotatable bonds is 2. The van der Waals surface area contributed by atoms with E-state index in [2.05, 4.69) is 15.3 Å². The molecule has 86 valence electrons. The van der Waals surface area contributed by atoms with Gasteiger partial charge in [-0.2, -0.15) is 4.99 Å². The Labute approximate surface area is 94.3 Å². The lowest BCUT2D eigenvalue weighted by Crippen LogP contribution is -2.26. The highest BCUT2D eigenvalue weighted by atomic mass is 15.1. The van der Waals surface area contributed by atoms with E-state index >= 15 is 0 Å². The summed E-state index contributed by atoms with van der Waals surface area (Å²) in [5, 5.41) is 3.05. The molecule has 0 heterocycles. The molecule has 0 unspecified atom stereocenters. The second-order valence-electron chi connectivity index (χ2n) is 3.23. The van der Waals surface area contributed by atoms with Crippen molar-refractivity contribution >= 4 is 23.3 Å². The molecular formula is C10H16N6. The Kier molecular flexibility index (Phi) is 3.71. The van der Waals surface area contributed by atoms with Gasteiger partial charge >= 0.3 is 0 Å². The lowest BCUT2D eigenvalue weighted by Gasteiger charge is -2.08. The maximum absolute atomic E-state index is 5.56. The summed E-state index contributed by atoms with van der Waals surface area (Å²) in [7, 11) is 1.82. The van der Waals surface area contributed by atoms with E-state index in [1.54, 1.807) is 0 Å². The van der Waals surface area contributed by atoms with Gasteiger partial charge < -0.3 is 22.5 Å². The number of hydrogen-bond acceptors (Lipinski definition) is 2. The van der Waals surface area contributed by atoms with Crippen molar-refractivity contribution in [1.82, 2.24) is 0 Å². The van der Waals surface area contributed by atoms with Crippen LogP contribution in [0.3, 0.4) is 0 Å². The summed E-state index contributed by atoms with van der Waals surface area (Å²) in [4.78, 5) is 7.77. The molecule has 7 N–H and O–H groups in total. The summed E-state index contributed by atoms with van der Waals surface area (Å²) in [6.07, 6.45) is 0. The van der Waals surface area contributed by atoms with Crippen LogP contribution in [0, 0.1) is 6.92 Å². The van der Waals surface area contributed by atoms with Crippen molar-refractivity contribution in [3.05, 3.63) is 23.8 Å². The Bertz CT molecular complexity index is 431. The number of hydrogen-bond donors (Lipinski definition) is 4. The molecule has 0 spiro atoms. The standard InChI is InChI=1S/C10H16N6/c1-6-4-3-5-7(8(6)14-2)15-10(13)16-9(11)12/h3-5,14H,1-2H3,(H6,11,12,13,15,16). The van der Waals surface area contributed by atoms with Crippen LogP contribution in [0.5, 0.6) is 0 Å². The predicted octanol–water partition coefficient (Wildman–Crippen LogP) is 0.256. The van der Waals surface area contributed by atoms with E-state index < -0.39 is 0 Å². The third-order valence-corrected chi connectivity index (χ3v) is 1.98. The Morgan fingerprint density at radius 3 is 2.50 bits per heavy atom. The van der Waals surface area contributed by atoms with E-state index in [4.69, 9.17) is 17.2 Å². The molecule has 0 aliphatic carbocycles. The fourth-order valence-electron chi connectivity index (χ4n) is 1.35. The summed E-state index contributed by atoms with van der Waals surface area (Å²) in [5.74, 6) is -0.0815. The Hall–Kier alpha value is -2.24. The number of aryl methyl sites for hydroxylation is 1. The number of guanidine groups is 2. The first-order valence-electron chi connectivity index (χ1n) is 4.75. The molecule has 6 nitrogen and oxygen atoms in total. The quantitative estimate of drug-likeness (QED) is 0.422. The molecule has 0 fully saturated rings. The Morgan fingerprint density at radius 1 is 1.25 bits per heavy atom. The second kappa shape index (κ2) is 5.01. The number of nitrogens with two attached hydrogens (primary N) is 3. The molecule has 0 amide bonds. The first kappa shape index (κ1) is 11.8. The maximum atomic E-state index is 5.56. The van der Waals surface area contributed by atoms with Crippen LogP contribution in [0.15, 0.2) is 28.2 Å². The number of para-hydroxylation sites is 1. The van der Waals surface area contributed by atoms with Gasteiger partial charge in [-0.1, -0.05) is 12.1 Å². The largest absolute Gasteiger partial charge is 0.386 e. The molecular weight excluding hydrogens is 204 g/mol. The molecule has 0 aliphatic rings. The number of aliphatic imine (C=N–C) groups is 2. The van der Waals surface area contributed by atoms with Crippen molar-refractivity contribution in [2.75, 3.05) is 12.4 Å². The van der Waals surface area contributed by atoms with E-state index in [9.17, 15) is 0 Å². The SMILES string of the molecule is CNc1c(C)cccc1N=C(N)N=C(N)N. The van der Waals surface area contributed by atoms with Crippen molar-refractivity contribution in [2.24, 2.45) is 27.2 Å². The molecule has 1 aromatic carbocycles. The first-order valence-corrected chi connectivity index (χ1v) is 4.75. The van der Waals surface area contributed by atoms with Gasteiger partial charge in [0.1, 0.15) is 0 Å². The van der Waals surface area contributed by atoms with Gasteiger partial charge in [-0.15, -0.1) is 0 Å². The van der Waals surface area contributed by atoms with Crippen molar-refractivity contribution in [3.8, 4) is 0 Å². The zero-order valence-electron chi connectivity index (χ0n) is 9.36. The molecule has 0 aliphatic heterocycles. The fourth-order valence-corrected chi connectivity index (χ4v) is 1.35. The third kappa shape index (κ3) is 2.88. The van der Waals surface area contributed by atoms with E-state index in [0.29, 0.717) is 5.69 Å². The summed E-state index contributed by atoms with van der Waals surface area (Å²) >= 11 is 0. The molecule has 0 saturated heterocycles. The molecule has 0 saturated carbocycles. The van der Waals surface area contributed by atoms with Gasteiger partial charge in [0.05, 0.1) is 11.4 Å². The van der Waals surface area contributed by atoms with Crippen molar-refractivity contribution in [3.63, 3.8) is 0 Å². The van der Waals surface area contributed by atoms with Gasteiger partial charge in [0, 0.05) is 7.05 Å². The second-order valence-corrected chi connectivity index (χ2v) is 3.23. The lowest BCUT2D eigenvalue weighted by atomic mass is 10.2. The average Bonchev–Trinajstić information content (AvgIpc) is 2.16. The fraction of sp³-hybridized carbons (Fsp3) is 0.200. The lowest BCUT2D eigenvalue weighted by molar-refractivity contribution is 1.34. The molecule has 0 radical (unpaired) electrons. The minimum absolute atomic E-state index is 0.0297. The number of nitrogens with one attached hydrogen (secondary N) is 1. The molecule has 0 bridgehead atoms. The van der Waals surface area contributed by atoms with E-state index in [-0.39, 0.29) is 11.9 Å². The predicted molar refractivity (Wildman–Crippen MR) is 67.8 cm³/mol. The topological polar surface area (TPSA) is 115 Å². The highest BCUT2D eigenvalue weighted by molar-refractivity contribution is 5.94. The Balaban J connectivity index is 3.15. The van der Waals surface area contributed by atoms with Crippen molar-refractivity contribution in [2.45, 2.75) is 6.92 Å². The van der Waals surface area contributed by atoms with Crippen LogP contribution < -0.4 is 22.5 Å². The number of anilines is 1. The van der Waals surface area contributed by atoms with Crippen molar-refractivity contribution < 1.29 is 0 Å². The zero-order chi connectivity index (χ0) is 12.1. The molecule has 1 rings (SSSR count). The maximum Gasteiger partial charge on any atom is 0.223 e. The average molecular weight is 220 g/mol. The monoisotopic (exact) mass is 220 g/mol. The molecule has 16 heavy (non-hydrogen) atoms. The molecule has 0 atom stereocenters. The van der Waals surface area contributed by atoms with Gasteiger partial charge in [-0.05, 0) is 18.6 Å². The van der Waals surface area contributed by atoms with Crippen molar-refractivity contribution in [1.29, 1.82) is 0 Å². The zero-order valence-corrected chi connectivity index (χ0v) is 9.36. The number of nitrogens with zero attached hydrogens (tertiary/aromatic N) is 2. The van der Waals surface area contributed by atoms with Crippen LogP contribution >= 0.6 is 0 Å². The van der Waals surface area contributed by atoms with Gasteiger partial charge in [0.2, 0.25) is 5.96 Å². The van der Waals surface area contributed by atoms with Crippen LogP contribution in [0.2, 0.25) is 0 Å². The summed E-state index contributed by atoms with van der Waals surface area (Å²) in [6.45, 7) is 1.97. The molecule has 1 aromatic rings. The van der Waals surface area contributed by atoms with Crippen LogP contribution in [0.4, 0.5) is 11.4 Å².